The molecule has 1 unspecified atom stereocenters. The Kier molecular flexibility index (Phi) is 24.8. The number of carbonyl (C=O) groups is 2. The highest BCUT2D eigenvalue weighted by Crippen LogP contribution is 2.22. The number of aliphatic hydroxyl groups excluding tert-OH is 1. The van der Waals surface area contributed by atoms with Crippen LogP contribution in [0.4, 0.5) is 0 Å². The number of ether oxygens (including phenoxy) is 3. The van der Waals surface area contributed by atoms with Crippen molar-refractivity contribution >= 4 is 28.2 Å². The average molecular weight is 954 g/mol. The van der Waals surface area contributed by atoms with Gasteiger partial charge < -0.3 is 29.5 Å². The Bertz CT molecular complexity index is 2480. The normalized spacial score (nSPS) is 9.97. The summed E-state index contributed by atoms with van der Waals surface area (Å²) in [6.07, 6.45) is 8.80. The zero-order chi connectivity index (χ0) is 47.8. The highest BCUT2D eigenvalue weighted by atomic mass is 79.9. The molecule has 0 radical (unpaired) electrons. The van der Waals surface area contributed by atoms with Gasteiger partial charge in [-0.05, 0) is 142 Å². The molecule has 0 aliphatic carbocycles. The first kappa shape index (κ1) is 52.6. The first-order valence-corrected chi connectivity index (χ1v) is 21.1. The Morgan fingerprint density at radius 3 is 1.30 bits per heavy atom. The molecule has 0 bridgehead atoms. The van der Waals surface area contributed by atoms with E-state index in [-0.39, 0.29) is 0 Å². The van der Waals surface area contributed by atoms with E-state index in [4.69, 9.17) is 29.2 Å². The van der Waals surface area contributed by atoms with Crippen molar-refractivity contribution in [2.45, 2.75) is 25.9 Å². The summed E-state index contributed by atoms with van der Waals surface area (Å²) in [5.41, 5.74) is 6.64. The molecule has 8 aromatic rings. The summed E-state index contributed by atoms with van der Waals surface area (Å²) in [6.45, 7) is 1.08. The van der Waals surface area contributed by atoms with E-state index in [1.807, 2.05) is 121 Å². The van der Waals surface area contributed by atoms with Crippen LogP contribution in [-0.4, -0.2) is 68.8 Å². The molecule has 340 valence electrons. The van der Waals surface area contributed by atoms with Crippen molar-refractivity contribution in [2.75, 3.05) is 21.3 Å². The number of phenols is 1. The molecule has 0 aliphatic heterocycles. The van der Waals surface area contributed by atoms with E-state index in [2.05, 4.69) is 48.0 Å². The van der Waals surface area contributed by atoms with E-state index in [0.29, 0.717) is 17.0 Å². The molecular weight excluding hydrogens is 901 g/mol. The predicted octanol–water partition coefficient (Wildman–Crippen LogP) is 10.7. The predicted molar refractivity (Wildman–Crippen MR) is 260 cm³/mol. The third-order valence-corrected chi connectivity index (χ3v) is 9.07. The number of phenolic OH excluding ortho intramolecular Hbond substituents is 1. The lowest BCUT2D eigenvalue weighted by atomic mass is 10.1. The number of hydrogen-bond donors (Lipinski definition) is 3. The molecular formula is C53H53BrN4O8. The maximum Gasteiger partial charge on any atom is 0.300 e. The van der Waals surface area contributed by atoms with Gasteiger partial charge in [0, 0.05) is 61.5 Å². The Labute approximate surface area is 394 Å². The van der Waals surface area contributed by atoms with Crippen LogP contribution in [0.25, 0.3) is 0 Å². The fourth-order valence-electron chi connectivity index (χ4n) is 5.30. The van der Waals surface area contributed by atoms with Crippen LogP contribution in [0, 0.1) is 0 Å². The molecule has 0 spiro atoms. The quantitative estimate of drug-likeness (QED) is 0.0876. The number of aromatic hydroxyl groups is 1. The molecule has 3 N–H and O–H groups in total. The summed E-state index contributed by atoms with van der Waals surface area (Å²) >= 11 is 3.20. The molecule has 0 aliphatic rings. The van der Waals surface area contributed by atoms with Crippen LogP contribution in [-0.2, 0) is 17.6 Å². The molecule has 4 aromatic heterocycles. The highest BCUT2D eigenvalue weighted by Gasteiger charge is 2.11. The number of rotatable bonds is 10. The zero-order valence-corrected chi connectivity index (χ0v) is 38.7. The summed E-state index contributed by atoms with van der Waals surface area (Å²) in [5, 5.41) is 26.6. The molecule has 13 heteroatoms. The van der Waals surface area contributed by atoms with Gasteiger partial charge in [-0.25, -0.2) is 4.98 Å². The van der Waals surface area contributed by atoms with Crippen molar-refractivity contribution in [1.82, 2.24) is 19.9 Å². The summed E-state index contributed by atoms with van der Waals surface area (Å²) in [6, 6.07) is 52.5. The van der Waals surface area contributed by atoms with Gasteiger partial charge in [-0.3, -0.25) is 24.5 Å². The Morgan fingerprint density at radius 1 is 0.561 bits per heavy atom. The van der Waals surface area contributed by atoms with Gasteiger partial charge in [0.2, 0.25) is 0 Å². The zero-order valence-electron chi connectivity index (χ0n) is 37.1. The monoisotopic (exact) mass is 952 g/mol. The van der Waals surface area contributed by atoms with Crippen LogP contribution in [0.5, 0.6) is 23.0 Å². The third kappa shape index (κ3) is 22.1. The number of aliphatic carboxylic acids is 1. The van der Waals surface area contributed by atoms with E-state index in [1.165, 1.54) is 5.56 Å². The van der Waals surface area contributed by atoms with Crippen LogP contribution in [0.3, 0.4) is 0 Å². The average Bonchev–Trinajstić information content (AvgIpc) is 3.36. The molecule has 4 aromatic carbocycles. The van der Waals surface area contributed by atoms with Crippen LogP contribution in [0.15, 0.2) is 199 Å². The number of carboxylic acid groups (broad SMARTS) is 1. The number of carboxylic acids is 1. The maximum absolute atomic E-state index is 10.2. The first-order chi connectivity index (χ1) is 32.0. The number of methoxy groups -OCH3 is 3. The van der Waals surface area contributed by atoms with Crippen LogP contribution < -0.4 is 14.2 Å². The van der Waals surface area contributed by atoms with E-state index in [0.717, 1.165) is 70.4 Å². The number of hydrogen-bond acceptors (Lipinski definition) is 11. The SMILES string of the molecule is Brc1ccccn1.CC(=O)O.COc1ccc(C(O)c2ccccn2)cc1.COc1ccc(C=O)cc1.COc1ccc(Cc2ccccn2)cc1.Oc1ccc(Cc2ccccn2)cc1. The second-order valence-corrected chi connectivity index (χ2v) is 14.3. The number of halogens is 1. The van der Waals surface area contributed by atoms with Gasteiger partial charge in [0.25, 0.3) is 5.97 Å². The van der Waals surface area contributed by atoms with Gasteiger partial charge in [-0.2, -0.15) is 0 Å². The first-order valence-electron chi connectivity index (χ1n) is 20.3. The summed E-state index contributed by atoms with van der Waals surface area (Å²) < 4.78 is 15.9. The van der Waals surface area contributed by atoms with E-state index in [1.54, 1.807) is 82.4 Å². The molecule has 4 heterocycles. The lowest BCUT2D eigenvalue weighted by molar-refractivity contribution is -0.134. The number of benzene rings is 4. The minimum Gasteiger partial charge on any atom is -0.508 e. The fourth-order valence-corrected chi connectivity index (χ4v) is 5.57. The second-order valence-electron chi connectivity index (χ2n) is 13.5. The topological polar surface area (TPSA) is 174 Å². The van der Waals surface area contributed by atoms with Gasteiger partial charge in [0.05, 0.1) is 27.0 Å². The Morgan fingerprint density at radius 2 is 0.955 bits per heavy atom. The van der Waals surface area contributed by atoms with Crippen molar-refractivity contribution in [3.63, 3.8) is 0 Å². The highest BCUT2D eigenvalue weighted by molar-refractivity contribution is 9.10. The number of pyridine rings is 4. The molecule has 0 saturated heterocycles. The van der Waals surface area contributed by atoms with Crippen molar-refractivity contribution < 1.29 is 39.1 Å². The number of aldehydes is 1. The smallest absolute Gasteiger partial charge is 0.300 e. The van der Waals surface area contributed by atoms with Gasteiger partial charge in [-0.15, -0.1) is 0 Å². The van der Waals surface area contributed by atoms with Crippen LogP contribution >= 0.6 is 15.9 Å². The largest absolute Gasteiger partial charge is 0.508 e. The lowest BCUT2D eigenvalue weighted by Gasteiger charge is -2.10. The molecule has 0 fully saturated rings. The summed E-state index contributed by atoms with van der Waals surface area (Å²) in [5.74, 6) is 1.90. The summed E-state index contributed by atoms with van der Waals surface area (Å²) in [7, 11) is 4.88. The van der Waals surface area contributed by atoms with Gasteiger partial charge in [0.15, 0.2) is 0 Å². The van der Waals surface area contributed by atoms with Crippen molar-refractivity contribution in [3.8, 4) is 23.0 Å². The van der Waals surface area contributed by atoms with Gasteiger partial charge >= 0.3 is 0 Å². The molecule has 0 saturated carbocycles. The molecule has 0 amide bonds. The maximum atomic E-state index is 10.2. The fraction of sp³-hybridized carbons (Fsp3) is 0.132. The van der Waals surface area contributed by atoms with E-state index < -0.39 is 12.1 Å². The minimum absolute atomic E-state index is 0.301. The van der Waals surface area contributed by atoms with Gasteiger partial charge in [-0.1, -0.05) is 60.7 Å². The molecule has 8 rings (SSSR count). The van der Waals surface area contributed by atoms with Crippen LogP contribution in [0.1, 0.15) is 57.2 Å². The lowest BCUT2D eigenvalue weighted by Crippen LogP contribution is -2.01. The number of nitrogens with zero attached hydrogens (tertiary/aromatic N) is 4. The van der Waals surface area contributed by atoms with Crippen molar-refractivity contribution in [3.05, 3.63) is 239 Å². The van der Waals surface area contributed by atoms with Crippen molar-refractivity contribution in [1.29, 1.82) is 0 Å². The summed E-state index contributed by atoms with van der Waals surface area (Å²) in [4.78, 5) is 35.7. The van der Waals surface area contributed by atoms with Gasteiger partial charge in [0.1, 0.15) is 40.0 Å². The minimum atomic E-state index is -0.833. The Hall–Kier alpha value is -7.74. The van der Waals surface area contributed by atoms with E-state index in [9.17, 15) is 9.90 Å². The third-order valence-electron chi connectivity index (χ3n) is 8.60. The van der Waals surface area contributed by atoms with E-state index >= 15 is 0 Å². The molecule has 66 heavy (non-hydrogen) atoms. The van der Waals surface area contributed by atoms with Crippen LogP contribution in [0.2, 0.25) is 0 Å². The number of aromatic nitrogens is 4. The van der Waals surface area contributed by atoms with Crippen molar-refractivity contribution in [2.24, 2.45) is 0 Å². The molecule has 12 nitrogen and oxygen atoms in total. The second kappa shape index (κ2) is 31.2. The standard InChI is InChI=1S/C13H13NO2.C13H13NO.C12H11NO.C8H8O2.C5H4BrN.C2H4O2/c1-16-11-7-5-10(6-8-11)13(15)12-4-2-3-9-14-12;1-15-13-7-5-11(6-8-13)10-12-4-2-3-9-14-12;14-12-6-4-10(5-7-12)9-11-3-1-2-8-13-11;1-10-8-4-2-7(6-9)3-5-8;6-5-3-1-2-4-7-5;1-2(3)4/h2-9,13,15H,1H3;2-9H,10H2,1H3;1-8,14H,9H2;2-6H,1H3;1-4H;1H3,(H,3,4). The Balaban J connectivity index is 0.000000219. The molecule has 1 atom stereocenters. The number of aliphatic hydroxyl groups is 1. The number of carbonyl (C=O) groups excluding carboxylic acids is 1.